The fourth-order valence-electron chi connectivity index (χ4n) is 2.09. The Morgan fingerprint density at radius 2 is 1.46 bits per heavy atom. The molecule has 24 heavy (non-hydrogen) atoms. The lowest BCUT2D eigenvalue weighted by Crippen LogP contribution is -2.35. The number of benzene rings is 2. The second kappa shape index (κ2) is 8.79. The molecule has 0 spiro atoms. The minimum absolute atomic E-state index is 0.0422. The van der Waals surface area contributed by atoms with E-state index in [2.05, 4.69) is 16.0 Å². The van der Waals surface area contributed by atoms with Crippen molar-refractivity contribution in [2.45, 2.75) is 12.8 Å². The number of hydrogen-bond acceptors (Lipinski definition) is 3. The molecule has 0 aliphatic carbocycles. The van der Waals surface area contributed by atoms with E-state index in [9.17, 15) is 9.59 Å². The molecule has 124 valence electrons. The van der Waals surface area contributed by atoms with Gasteiger partial charge in [-0.15, -0.1) is 0 Å². The van der Waals surface area contributed by atoms with E-state index in [0.29, 0.717) is 6.42 Å². The summed E-state index contributed by atoms with van der Waals surface area (Å²) in [5.74, 6) is -0.214. The normalized spacial score (nSPS) is 9.88. The Morgan fingerprint density at radius 1 is 0.875 bits per heavy atom. The number of anilines is 1. The van der Waals surface area contributed by atoms with Crippen LogP contribution in [-0.4, -0.2) is 24.0 Å². The van der Waals surface area contributed by atoms with Crippen molar-refractivity contribution in [2.24, 2.45) is 0 Å². The molecule has 0 unspecified atom stereocenters. The minimum Gasteiger partial charge on any atom is -0.359 e. The molecule has 0 bridgehead atoms. The molecule has 5 nitrogen and oxygen atoms in total. The molecule has 2 amide bonds. The lowest BCUT2D eigenvalue weighted by Gasteiger charge is -2.10. The third kappa shape index (κ3) is 5.81. The largest absolute Gasteiger partial charge is 0.359 e. The maximum atomic E-state index is 11.9. The summed E-state index contributed by atoms with van der Waals surface area (Å²) in [7, 11) is 1.61. The van der Waals surface area contributed by atoms with Gasteiger partial charge in [0.25, 0.3) is 0 Å². The lowest BCUT2D eigenvalue weighted by atomic mass is 10.1. The van der Waals surface area contributed by atoms with E-state index in [1.807, 2.05) is 54.6 Å². The Hall–Kier alpha value is -2.73. The van der Waals surface area contributed by atoms with Crippen molar-refractivity contribution in [2.75, 3.05) is 12.4 Å². The topological polar surface area (TPSA) is 70.2 Å². The zero-order valence-electron chi connectivity index (χ0n) is 13.3. The monoisotopic (exact) mass is 341 g/mol. The highest BCUT2D eigenvalue weighted by molar-refractivity contribution is 7.80. The number of thiocarbonyl (C=S) groups is 1. The molecule has 0 saturated carbocycles. The van der Waals surface area contributed by atoms with Crippen molar-refractivity contribution in [3.8, 4) is 0 Å². The van der Waals surface area contributed by atoms with Crippen LogP contribution < -0.4 is 16.0 Å². The van der Waals surface area contributed by atoms with Crippen LogP contribution >= 0.6 is 12.2 Å². The van der Waals surface area contributed by atoms with E-state index >= 15 is 0 Å². The van der Waals surface area contributed by atoms with Gasteiger partial charge in [-0.25, -0.2) is 0 Å². The maximum Gasteiger partial charge on any atom is 0.230 e. The molecule has 0 heterocycles. The third-order valence-electron chi connectivity index (χ3n) is 3.32. The molecule has 6 heteroatoms. The molecule has 3 N–H and O–H groups in total. The van der Waals surface area contributed by atoms with Crippen molar-refractivity contribution < 1.29 is 9.59 Å². The van der Waals surface area contributed by atoms with Crippen LogP contribution in [0.5, 0.6) is 0 Å². The number of carbonyl (C=O) groups is 2. The predicted octanol–water partition coefficient (Wildman–Crippen LogP) is 2.03. The molecule has 0 aromatic heterocycles. The molecule has 0 saturated heterocycles. The van der Waals surface area contributed by atoms with E-state index in [1.54, 1.807) is 7.05 Å². The molecule has 0 atom stereocenters. The zero-order chi connectivity index (χ0) is 17.4. The highest BCUT2D eigenvalue weighted by Gasteiger charge is 2.06. The number of rotatable bonds is 5. The average molecular weight is 341 g/mol. The van der Waals surface area contributed by atoms with Crippen LogP contribution in [0, 0.1) is 0 Å². The number of carbonyl (C=O) groups excluding carboxylic acids is 2. The molecule has 0 fully saturated rings. The van der Waals surface area contributed by atoms with Crippen LogP contribution in [-0.2, 0) is 22.4 Å². The summed E-state index contributed by atoms with van der Waals surface area (Å²) in [6.07, 6.45) is 0.600. The van der Waals surface area contributed by atoms with Gasteiger partial charge in [-0.05, 0) is 35.5 Å². The smallest absolute Gasteiger partial charge is 0.230 e. The molecule has 2 aromatic carbocycles. The van der Waals surface area contributed by atoms with E-state index in [1.165, 1.54) is 0 Å². The molecule has 0 radical (unpaired) electrons. The molecule has 0 aliphatic heterocycles. The van der Waals surface area contributed by atoms with E-state index in [4.69, 9.17) is 12.2 Å². The molecule has 2 aromatic rings. The van der Waals surface area contributed by atoms with Gasteiger partial charge in [-0.3, -0.25) is 9.59 Å². The Morgan fingerprint density at radius 3 is 2.08 bits per heavy atom. The van der Waals surface area contributed by atoms with Crippen molar-refractivity contribution in [3.63, 3.8) is 0 Å². The maximum absolute atomic E-state index is 11.9. The first kappa shape index (κ1) is 17.6. The number of hydrogen-bond donors (Lipinski definition) is 3. The summed E-state index contributed by atoms with van der Waals surface area (Å²) in [6.45, 7) is 0. The Balaban J connectivity index is 1.83. The van der Waals surface area contributed by atoms with Crippen LogP contribution in [0.3, 0.4) is 0 Å². The van der Waals surface area contributed by atoms with Crippen molar-refractivity contribution in [1.29, 1.82) is 0 Å². The van der Waals surface area contributed by atoms with Crippen molar-refractivity contribution in [1.82, 2.24) is 10.6 Å². The first-order valence-electron chi connectivity index (χ1n) is 7.51. The summed E-state index contributed by atoms with van der Waals surface area (Å²) in [5, 5.41) is 8.43. The van der Waals surface area contributed by atoms with Crippen LogP contribution in [0.4, 0.5) is 5.69 Å². The van der Waals surface area contributed by atoms with Crippen LogP contribution in [0.2, 0.25) is 0 Å². The molecule has 0 aliphatic rings. The van der Waals surface area contributed by atoms with Gasteiger partial charge in [0.2, 0.25) is 11.8 Å². The van der Waals surface area contributed by atoms with Gasteiger partial charge in [-0.1, -0.05) is 42.5 Å². The standard InChI is InChI=1S/C18H19N3O2S/c1-19-16(22)11-14-7-9-15(10-8-14)20-18(24)21-17(23)12-13-5-3-2-4-6-13/h2-10H,11-12H2,1H3,(H,19,22)(H2,20,21,23,24). The predicted molar refractivity (Wildman–Crippen MR) is 98.7 cm³/mol. The van der Waals surface area contributed by atoms with Gasteiger partial charge < -0.3 is 16.0 Å². The van der Waals surface area contributed by atoms with Crippen LogP contribution in [0.15, 0.2) is 54.6 Å². The summed E-state index contributed by atoms with van der Waals surface area (Å²) < 4.78 is 0. The first-order chi connectivity index (χ1) is 11.6. The quantitative estimate of drug-likeness (QED) is 0.728. The Kier molecular flexibility index (Phi) is 6.45. The molecular formula is C18H19N3O2S. The Labute approximate surface area is 146 Å². The highest BCUT2D eigenvalue weighted by atomic mass is 32.1. The molecular weight excluding hydrogens is 322 g/mol. The van der Waals surface area contributed by atoms with Crippen molar-refractivity contribution >= 4 is 34.8 Å². The second-order valence-corrected chi connectivity index (χ2v) is 5.62. The summed E-state index contributed by atoms with van der Waals surface area (Å²) in [5.41, 5.74) is 2.58. The fraction of sp³-hybridized carbons (Fsp3) is 0.167. The van der Waals surface area contributed by atoms with Gasteiger partial charge >= 0.3 is 0 Å². The molecule has 2 rings (SSSR count). The van der Waals surface area contributed by atoms with Crippen molar-refractivity contribution in [3.05, 3.63) is 65.7 Å². The highest BCUT2D eigenvalue weighted by Crippen LogP contribution is 2.10. The number of amides is 2. The SMILES string of the molecule is CNC(=O)Cc1ccc(NC(=S)NC(=O)Cc2ccccc2)cc1. The number of nitrogens with one attached hydrogen (secondary N) is 3. The average Bonchev–Trinajstić information content (AvgIpc) is 2.57. The van der Waals surface area contributed by atoms with Gasteiger partial charge in [0, 0.05) is 12.7 Å². The van der Waals surface area contributed by atoms with Gasteiger partial charge in [0.15, 0.2) is 5.11 Å². The van der Waals surface area contributed by atoms with Crippen LogP contribution in [0.1, 0.15) is 11.1 Å². The van der Waals surface area contributed by atoms with E-state index < -0.39 is 0 Å². The summed E-state index contributed by atoms with van der Waals surface area (Å²) in [4.78, 5) is 23.3. The van der Waals surface area contributed by atoms with Gasteiger partial charge in [-0.2, -0.15) is 0 Å². The summed E-state index contributed by atoms with van der Waals surface area (Å²) in [6, 6.07) is 16.8. The first-order valence-corrected chi connectivity index (χ1v) is 7.92. The van der Waals surface area contributed by atoms with Crippen LogP contribution in [0.25, 0.3) is 0 Å². The van der Waals surface area contributed by atoms with Gasteiger partial charge in [0.1, 0.15) is 0 Å². The fourth-order valence-corrected chi connectivity index (χ4v) is 2.33. The van der Waals surface area contributed by atoms with E-state index in [-0.39, 0.29) is 23.3 Å². The minimum atomic E-state index is -0.171. The third-order valence-corrected chi connectivity index (χ3v) is 3.52. The zero-order valence-corrected chi connectivity index (χ0v) is 14.2. The second-order valence-electron chi connectivity index (χ2n) is 5.21. The van der Waals surface area contributed by atoms with Gasteiger partial charge in [0.05, 0.1) is 12.8 Å². The van der Waals surface area contributed by atoms with E-state index in [0.717, 1.165) is 16.8 Å². The number of likely N-dealkylation sites (N-methyl/N-ethyl adjacent to an activating group) is 1. The Bertz CT molecular complexity index is 715. The summed E-state index contributed by atoms with van der Waals surface area (Å²) >= 11 is 5.14. The lowest BCUT2D eigenvalue weighted by molar-refractivity contribution is -0.120.